The molecule has 0 aliphatic carbocycles. The van der Waals surface area contributed by atoms with Crippen molar-refractivity contribution >= 4 is 89.1 Å². The Morgan fingerprint density at radius 1 is 0.900 bits per heavy atom. The third-order valence-electron chi connectivity index (χ3n) is 6.92. The third kappa shape index (κ3) is 4.36. The maximum absolute atomic E-state index is 9.98. The third-order valence-corrected chi connectivity index (χ3v) is 11.7. The number of fused-ring (bicyclic) bond motifs is 5. The van der Waals surface area contributed by atoms with Crippen LogP contribution in [0.4, 0.5) is 5.69 Å². The predicted octanol–water partition coefficient (Wildman–Crippen LogP) is 8.91. The van der Waals surface area contributed by atoms with E-state index in [2.05, 4.69) is 36.1 Å². The molecule has 2 unspecified atom stereocenters. The van der Waals surface area contributed by atoms with Crippen LogP contribution in [0.2, 0.25) is 0 Å². The Bertz CT molecular complexity index is 1890. The highest BCUT2D eigenvalue weighted by molar-refractivity contribution is 8.04. The Kier molecular flexibility index (Phi) is 6.53. The van der Waals surface area contributed by atoms with Crippen LogP contribution in [-0.4, -0.2) is 22.6 Å². The van der Waals surface area contributed by atoms with Gasteiger partial charge in [0.15, 0.2) is 0 Å². The van der Waals surface area contributed by atoms with E-state index in [1.54, 1.807) is 34.0 Å². The van der Waals surface area contributed by atoms with Gasteiger partial charge >= 0.3 is 0 Å². The molecule has 2 aromatic carbocycles. The summed E-state index contributed by atoms with van der Waals surface area (Å²) < 4.78 is 2.17. The number of anilines is 1. The molecule has 2 atom stereocenters. The number of hydrogen-bond acceptors (Lipinski definition) is 9. The van der Waals surface area contributed by atoms with Crippen molar-refractivity contribution in [2.24, 2.45) is 0 Å². The molecule has 0 fully saturated rings. The van der Waals surface area contributed by atoms with Crippen LogP contribution in [0.15, 0.2) is 71.7 Å². The summed E-state index contributed by atoms with van der Waals surface area (Å²) in [7, 11) is 0. The van der Waals surface area contributed by atoms with Gasteiger partial charge in [0.25, 0.3) is 0 Å². The molecular weight excluding hydrogens is 571 g/mol. The number of rotatable bonds is 6. The minimum Gasteiger partial charge on any atom is -0.363 e. The number of benzene rings is 2. The molecule has 5 heterocycles. The summed E-state index contributed by atoms with van der Waals surface area (Å²) >= 11 is 6.69. The van der Waals surface area contributed by atoms with Crippen LogP contribution in [0.25, 0.3) is 37.7 Å². The maximum atomic E-state index is 9.98. The number of nitriles is 2. The Hall–Kier alpha value is -3.73. The van der Waals surface area contributed by atoms with Gasteiger partial charge in [-0.05, 0) is 55.0 Å². The quantitative estimate of drug-likeness (QED) is 0.184. The Morgan fingerprint density at radius 3 is 2.12 bits per heavy atom. The zero-order valence-electron chi connectivity index (χ0n) is 21.4. The van der Waals surface area contributed by atoms with Crippen LogP contribution in [0.5, 0.6) is 0 Å². The smallest absolute Gasteiger partial charge is 0.135 e. The molecule has 2 aliphatic heterocycles. The molecule has 5 aromatic rings. The Labute approximate surface area is 248 Å². The van der Waals surface area contributed by atoms with E-state index in [-0.39, 0.29) is 11.3 Å². The number of para-hydroxylation sites is 2. The van der Waals surface area contributed by atoms with Gasteiger partial charge in [0.2, 0.25) is 0 Å². The minimum absolute atomic E-state index is 0.255. The van der Waals surface area contributed by atoms with Crippen molar-refractivity contribution in [1.29, 1.82) is 10.5 Å². The summed E-state index contributed by atoms with van der Waals surface area (Å²) in [6.45, 7) is 3.16. The van der Waals surface area contributed by atoms with E-state index in [1.807, 2.05) is 72.4 Å². The van der Waals surface area contributed by atoms with Gasteiger partial charge in [0.1, 0.15) is 22.2 Å². The Morgan fingerprint density at radius 2 is 1.52 bits per heavy atom. The molecule has 7 rings (SSSR count). The highest BCUT2D eigenvalue weighted by atomic mass is 32.2. The minimum atomic E-state index is 0.255. The molecular formula is C31H21N5S4. The molecule has 0 spiro atoms. The summed E-state index contributed by atoms with van der Waals surface area (Å²) in [5.74, 6) is 0. The SMILES string of the molecule is CCCN1c2cc(/C=C(\C#N)c3nc4ccccc4s3)sc2C2SC(/C=C(\C#N)c3nc4ccccc4s3)=CC21. The summed E-state index contributed by atoms with van der Waals surface area (Å²) in [5.41, 5.74) is 4.30. The molecule has 0 bridgehead atoms. The first kappa shape index (κ1) is 25.3. The van der Waals surface area contributed by atoms with E-state index in [4.69, 9.17) is 9.97 Å². The van der Waals surface area contributed by atoms with Gasteiger partial charge in [0.05, 0.1) is 48.6 Å². The van der Waals surface area contributed by atoms with E-state index in [0.717, 1.165) is 53.2 Å². The number of thiazole rings is 2. The lowest BCUT2D eigenvalue weighted by Crippen LogP contribution is -2.31. The number of aromatic nitrogens is 2. The van der Waals surface area contributed by atoms with E-state index >= 15 is 0 Å². The summed E-state index contributed by atoms with van der Waals surface area (Å²) in [5, 5.41) is 21.7. The fourth-order valence-corrected chi connectivity index (χ4v) is 9.76. The number of thioether (sulfide) groups is 1. The standard InChI is InChI=1S/C31H21N5S4/c1-2-11-36-24-14-20(12-18(16-32)30-34-22-7-3-5-9-26(22)39-30)37-28(24)29-25(36)15-21(38-29)13-19(17-33)31-35-23-8-4-6-10-27(23)40-31/h3-10,12-15,24,28H,2,11H2,1H3/b18-12+,19-13+. The molecule has 0 saturated carbocycles. The number of hydrogen-bond donors (Lipinski definition) is 0. The molecule has 0 radical (unpaired) electrons. The van der Waals surface area contributed by atoms with Gasteiger partial charge in [-0.25, -0.2) is 9.97 Å². The molecule has 0 amide bonds. The first-order valence-electron chi connectivity index (χ1n) is 12.9. The van der Waals surface area contributed by atoms with Gasteiger partial charge in [0, 0.05) is 21.2 Å². The number of nitrogens with zero attached hydrogens (tertiary/aromatic N) is 5. The van der Waals surface area contributed by atoms with Crippen molar-refractivity contribution in [2.75, 3.05) is 11.4 Å². The van der Waals surface area contributed by atoms with Gasteiger partial charge in [-0.1, -0.05) is 31.2 Å². The largest absolute Gasteiger partial charge is 0.363 e. The lowest BCUT2D eigenvalue weighted by atomic mass is 10.2. The monoisotopic (exact) mass is 591 g/mol. The lowest BCUT2D eigenvalue weighted by molar-refractivity contribution is 0.709. The van der Waals surface area contributed by atoms with Crippen LogP contribution in [-0.2, 0) is 0 Å². The Balaban J connectivity index is 1.20. The average molecular weight is 592 g/mol. The van der Waals surface area contributed by atoms with E-state index < -0.39 is 0 Å². The topological polar surface area (TPSA) is 76.6 Å². The molecule has 9 heteroatoms. The summed E-state index contributed by atoms with van der Waals surface area (Å²) in [6, 6.07) is 23.2. The zero-order valence-corrected chi connectivity index (χ0v) is 24.6. The summed E-state index contributed by atoms with van der Waals surface area (Å²) in [6.07, 6.45) is 7.33. The molecule has 5 nitrogen and oxygen atoms in total. The van der Waals surface area contributed by atoms with Gasteiger partial charge in [-0.3, -0.25) is 0 Å². The zero-order chi connectivity index (χ0) is 27.2. The fourth-order valence-electron chi connectivity index (χ4n) is 5.18. The van der Waals surface area contributed by atoms with Gasteiger partial charge < -0.3 is 4.90 Å². The van der Waals surface area contributed by atoms with Gasteiger partial charge in [-0.2, -0.15) is 10.5 Å². The lowest BCUT2D eigenvalue weighted by Gasteiger charge is -2.24. The highest BCUT2D eigenvalue weighted by Crippen LogP contribution is 2.58. The number of thiophene rings is 1. The van der Waals surface area contributed by atoms with Crippen molar-refractivity contribution in [2.45, 2.75) is 24.6 Å². The van der Waals surface area contributed by atoms with E-state index in [0.29, 0.717) is 11.1 Å². The van der Waals surface area contributed by atoms with Crippen molar-refractivity contribution in [3.05, 3.63) is 91.4 Å². The van der Waals surface area contributed by atoms with E-state index in [9.17, 15) is 10.5 Å². The molecule has 2 aliphatic rings. The van der Waals surface area contributed by atoms with Crippen molar-refractivity contribution in [3.63, 3.8) is 0 Å². The van der Waals surface area contributed by atoms with Crippen molar-refractivity contribution in [3.8, 4) is 12.1 Å². The van der Waals surface area contributed by atoms with Crippen LogP contribution < -0.4 is 4.90 Å². The molecule has 194 valence electrons. The molecule has 0 saturated heterocycles. The van der Waals surface area contributed by atoms with Crippen LogP contribution in [0.1, 0.15) is 38.4 Å². The molecule has 3 aromatic heterocycles. The van der Waals surface area contributed by atoms with E-state index in [1.165, 1.54) is 10.6 Å². The van der Waals surface area contributed by atoms with Crippen LogP contribution >= 0.6 is 45.8 Å². The second-order valence-corrected chi connectivity index (χ2v) is 13.9. The molecule has 40 heavy (non-hydrogen) atoms. The van der Waals surface area contributed by atoms with Gasteiger partial charge in [-0.15, -0.1) is 45.8 Å². The second-order valence-electron chi connectivity index (χ2n) is 9.50. The maximum Gasteiger partial charge on any atom is 0.135 e. The predicted molar refractivity (Wildman–Crippen MR) is 170 cm³/mol. The number of allylic oxidation sites excluding steroid dienone is 3. The molecule has 0 N–H and O–H groups in total. The second kappa shape index (κ2) is 10.3. The first-order valence-corrected chi connectivity index (χ1v) is 16.2. The average Bonchev–Trinajstić information content (AvgIpc) is 3.78. The van der Waals surface area contributed by atoms with Crippen LogP contribution in [0.3, 0.4) is 0 Å². The first-order chi connectivity index (χ1) is 19.6. The van der Waals surface area contributed by atoms with Crippen LogP contribution in [0, 0.1) is 22.7 Å². The van der Waals surface area contributed by atoms with Crippen molar-refractivity contribution < 1.29 is 0 Å². The summed E-state index contributed by atoms with van der Waals surface area (Å²) in [4.78, 5) is 15.4. The fraction of sp³-hybridized carbons (Fsp3) is 0.161. The highest BCUT2D eigenvalue weighted by Gasteiger charge is 2.43. The normalized spacial score (nSPS) is 18.6. The van der Waals surface area contributed by atoms with Crippen molar-refractivity contribution in [1.82, 2.24) is 9.97 Å².